The highest BCUT2D eigenvalue weighted by Gasteiger charge is 2.35. The largest absolute Gasteiger partial charge is 0.368 e. The minimum absolute atomic E-state index is 0.0934. The zero-order chi connectivity index (χ0) is 14.7. The van der Waals surface area contributed by atoms with Gasteiger partial charge < -0.3 is 16.4 Å². The molecule has 0 bridgehead atoms. The maximum atomic E-state index is 12.0. The van der Waals surface area contributed by atoms with Gasteiger partial charge in [-0.05, 0) is 25.2 Å². The number of hydrogen-bond donors (Lipinski definition) is 3. The highest BCUT2D eigenvalue weighted by Crippen LogP contribution is 2.24. The summed E-state index contributed by atoms with van der Waals surface area (Å²) in [6.45, 7) is 0. The van der Waals surface area contributed by atoms with E-state index in [0.29, 0.717) is 32.1 Å². The average molecular weight is 281 g/mol. The first kappa shape index (κ1) is 14.5. The van der Waals surface area contributed by atoms with E-state index in [1.165, 1.54) is 0 Å². The molecule has 7 nitrogen and oxygen atoms in total. The number of rotatable bonds is 4. The van der Waals surface area contributed by atoms with E-state index in [1.54, 1.807) is 0 Å². The Kier molecular flexibility index (Phi) is 4.36. The van der Waals surface area contributed by atoms with Crippen LogP contribution in [0.15, 0.2) is 0 Å². The molecule has 20 heavy (non-hydrogen) atoms. The van der Waals surface area contributed by atoms with Crippen LogP contribution in [0.4, 0.5) is 0 Å². The van der Waals surface area contributed by atoms with Crippen LogP contribution >= 0.6 is 0 Å². The summed E-state index contributed by atoms with van der Waals surface area (Å²) in [7, 11) is 0. The van der Waals surface area contributed by atoms with Crippen LogP contribution in [-0.4, -0.2) is 35.6 Å². The molecular weight excluding hydrogens is 262 g/mol. The molecule has 0 unspecified atom stereocenters. The van der Waals surface area contributed by atoms with E-state index in [2.05, 4.69) is 10.6 Å². The fraction of sp³-hybridized carbons (Fsp3) is 0.692. The van der Waals surface area contributed by atoms with Gasteiger partial charge in [-0.25, -0.2) is 0 Å². The predicted molar refractivity (Wildman–Crippen MR) is 69.3 cm³/mol. The van der Waals surface area contributed by atoms with Gasteiger partial charge in [0.05, 0.1) is 0 Å². The molecule has 1 heterocycles. The lowest BCUT2D eigenvalue weighted by Gasteiger charge is -2.28. The number of Topliss-reactive ketones (excluding diaryl/α,β-unsaturated/α-hetero) is 1. The summed E-state index contributed by atoms with van der Waals surface area (Å²) in [4.78, 5) is 46.1. The summed E-state index contributed by atoms with van der Waals surface area (Å²) in [6, 6.07) is -1.45. The molecule has 2 fully saturated rings. The predicted octanol–water partition coefficient (Wildman–Crippen LogP) is -1.01. The second-order valence-corrected chi connectivity index (χ2v) is 5.44. The number of ketones is 1. The lowest BCUT2D eigenvalue weighted by atomic mass is 9.82. The first-order chi connectivity index (χ1) is 9.47. The van der Waals surface area contributed by atoms with Gasteiger partial charge in [0.25, 0.3) is 0 Å². The van der Waals surface area contributed by atoms with Gasteiger partial charge in [-0.2, -0.15) is 0 Å². The van der Waals surface area contributed by atoms with Gasteiger partial charge in [0, 0.05) is 19.3 Å². The van der Waals surface area contributed by atoms with E-state index in [1.807, 2.05) is 0 Å². The smallest absolute Gasteiger partial charge is 0.243 e. The number of hydrogen-bond acceptors (Lipinski definition) is 4. The zero-order valence-corrected chi connectivity index (χ0v) is 11.2. The fourth-order valence-corrected chi connectivity index (χ4v) is 2.83. The van der Waals surface area contributed by atoms with Crippen LogP contribution < -0.4 is 16.4 Å². The Morgan fingerprint density at radius 2 is 2.00 bits per heavy atom. The molecule has 1 aliphatic carbocycles. The molecule has 0 aromatic carbocycles. The van der Waals surface area contributed by atoms with E-state index < -0.39 is 23.9 Å². The molecular formula is C13H19N3O4. The number of carbonyl (C=O) groups excluding carboxylic acids is 4. The van der Waals surface area contributed by atoms with Crippen molar-refractivity contribution in [3.63, 3.8) is 0 Å². The van der Waals surface area contributed by atoms with E-state index in [9.17, 15) is 19.2 Å². The summed E-state index contributed by atoms with van der Waals surface area (Å²) in [5.41, 5.74) is 5.33. The lowest BCUT2D eigenvalue weighted by Crippen LogP contribution is -2.54. The molecule has 0 radical (unpaired) electrons. The summed E-state index contributed by atoms with van der Waals surface area (Å²) < 4.78 is 0. The monoisotopic (exact) mass is 281 g/mol. The van der Waals surface area contributed by atoms with Crippen LogP contribution in [0.3, 0.4) is 0 Å². The molecule has 0 aromatic heterocycles. The van der Waals surface area contributed by atoms with Crippen LogP contribution in [0.1, 0.15) is 38.5 Å². The van der Waals surface area contributed by atoms with E-state index in [4.69, 9.17) is 5.73 Å². The molecule has 3 atom stereocenters. The van der Waals surface area contributed by atoms with Crippen molar-refractivity contribution < 1.29 is 19.2 Å². The SMILES string of the molecule is NC(=O)[C@@H](NC(=O)[C@H]1CCC(=O)N1)[C@H]1CCCC(=O)C1. The molecule has 1 saturated heterocycles. The van der Waals surface area contributed by atoms with Crippen molar-refractivity contribution in [2.75, 3.05) is 0 Å². The van der Waals surface area contributed by atoms with Gasteiger partial charge in [0.15, 0.2) is 0 Å². The quantitative estimate of drug-likeness (QED) is 0.612. The van der Waals surface area contributed by atoms with Crippen molar-refractivity contribution in [1.82, 2.24) is 10.6 Å². The van der Waals surface area contributed by atoms with Crippen molar-refractivity contribution in [2.45, 2.75) is 50.6 Å². The zero-order valence-electron chi connectivity index (χ0n) is 11.2. The molecule has 7 heteroatoms. The Hall–Kier alpha value is -1.92. The Morgan fingerprint density at radius 3 is 2.55 bits per heavy atom. The van der Waals surface area contributed by atoms with Crippen LogP contribution in [0, 0.1) is 5.92 Å². The molecule has 0 spiro atoms. The van der Waals surface area contributed by atoms with Gasteiger partial charge in [0.2, 0.25) is 17.7 Å². The van der Waals surface area contributed by atoms with Crippen molar-refractivity contribution in [2.24, 2.45) is 11.7 Å². The maximum Gasteiger partial charge on any atom is 0.243 e. The van der Waals surface area contributed by atoms with Crippen LogP contribution in [-0.2, 0) is 19.2 Å². The Labute approximate surface area is 116 Å². The average Bonchev–Trinajstić information content (AvgIpc) is 2.82. The number of nitrogens with one attached hydrogen (secondary N) is 2. The summed E-state index contributed by atoms with van der Waals surface area (Å²) in [6.07, 6.45) is 2.92. The molecule has 2 aliphatic rings. The first-order valence-corrected chi connectivity index (χ1v) is 6.88. The first-order valence-electron chi connectivity index (χ1n) is 6.88. The van der Waals surface area contributed by atoms with Crippen molar-refractivity contribution in [3.8, 4) is 0 Å². The van der Waals surface area contributed by atoms with Crippen molar-refractivity contribution >= 4 is 23.5 Å². The second-order valence-electron chi connectivity index (χ2n) is 5.44. The van der Waals surface area contributed by atoms with Crippen molar-refractivity contribution in [1.29, 1.82) is 0 Å². The van der Waals surface area contributed by atoms with Gasteiger partial charge in [-0.1, -0.05) is 0 Å². The molecule has 3 amide bonds. The number of carbonyl (C=O) groups is 4. The summed E-state index contributed by atoms with van der Waals surface area (Å²) in [5, 5.41) is 5.13. The number of amides is 3. The van der Waals surface area contributed by atoms with E-state index in [0.717, 1.165) is 0 Å². The van der Waals surface area contributed by atoms with Crippen LogP contribution in [0.2, 0.25) is 0 Å². The summed E-state index contributed by atoms with van der Waals surface area (Å²) >= 11 is 0. The normalized spacial score (nSPS) is 27.8. The van der Waals surface area contributed by atoms with Gasteiger partial charge in [0.1, 0.15) is 17.9 Å². The van der Waals surface area contributed by atoms with E-state index >= 15 is 0 Å². The van der Waals surface area contributed by atoms with Gasteiger partial charge >= 0.3 is 0 Å². The Balaban J connectivity index is 1.98. The molecule has 1 aliphatic heterocycles. The standard InChI is InChI=1S/C13H19N3O4/c14-12(19)11(7-2-1-3-8(17)6-7)16-13(20)9-4-5-10(18)15-9/h7,9,11H,1-6H2,(H2,14,19)(H,15,18)(H,16,20)/t7-,9+,11-/m0/s1. The van der Waals surface area contributed by atoms with Crippen LogP contribution in [0.5, 0.6) is 0 Å². The van der Waals surface area contributed by atoms with Gasteiger partial charge in [-0.3, -0.25) is 19.2 Å². The third-order valence-electron chi connectivity index (χ3n) is 3.91. The highest BCUT2D eigenvalue weighted by molar-refractivity contribution is 5.94. The Bertz CT molecular complexity index is 449. The van der Waals surface area contributed by atoms with E-state index in [-0.39, 0.29) is 24.0 Å². The second kappa shape index (κ2) is 6.02. The maximum absolute atomic E-state index is 12.0. The lowest BCUT2D eigenvalue weighted by molar-refractivity contribution is -0.131. The molecule has 110 valence electrons. The molecule has 4 N–H and O–H groups in total. The minimum atomic E-state index is -0.843. The number of nitrogens with two attached hydrogens (primary N) is 1. The fourth-order valence-electron chi connectivity index (χ4n) is 2.83. The third kappa shape index (κ3) is 3.34. The molecule has 0 aromatic rings. The minimum Gasteiger partial charge on any atom is -0.368 e. The molecule has 2 rings (SSSR count). The Morgan fingerprint density at radius 1 is 1.25 bits per heavy atom. The third-order valence-corrected chi connectivity index (χ3v) is 3.91. The van der Waals surface area contributed by atoms with Crippen molar-refractivity contribution in [3.05, 3.63) is 0 Å². The molecule has 1 saturated carbocycles. The van der Waals surface area contributed by atoms with Gasteiger partial charge in [-0.15, -0.1) is 0 Å². The summed E-state index contributed by atoms with van der Waals surface area (Å²) in [5.74, 6) is -1.36. The number of primary amides is 1. The highest BCUT2D eigenvalue weighted by atomic mass is 16.2. The van der Waals surface area contributed by atoms with Crippen LogP contribution in [0.25, 0.3) is 0 Å². The topological polar surface area (TPSA) is 118 Å².